The second-order valence-corrected chi connectivity index (χ2v) is 5.58. The lowest BCUT2D eigenvalue weighted by molar-refractivity contribution is 0.398. The average molecular weight is 345 g/mol. The summed E-state index contributed by atoms with van der Waals surface area (Å²) >= 11 is 0. The van der Waals surface area contributed by atoms with E-state index in [4.69, 9.17) is 4.74 Å². The summed E-state index contributed by atoms with van der Waals surface area (Å²) in [5, 5.41) is 3.96. The molecule has 128 valence electrons. The zero-order valence-electron chi connectivity index (χ0n) is 13.9. The number of aromatic amines is 1. The van der Waals surface area contributed by atoms with Crippen LogP contribution in [0.1, 0.15) is 0 Å². The van der Waals surface area contributed by atoms with Crippen molar-refractivity contribution in [2.24, 2.45) is 0 Å². The molecule has 2 N–H and O–H groups in total. The fourth-order valence-electron chi connectivity index (χ4n) is 2.67. The zero-order valence-corrected chi connectivity index (χ0v) is 13.9. The van der Waals surface area contributed by atoms with Crippen LogP contribution >= 0.6 is 0 Å². The van der Waals surface area contributed by atoms with E-state index in [0.717, 1.165) is 22.2 Å². The number of rotatable bonds is 4. The molecule has 0 unspecified atom stereocenters. The molecule has 0 amide bonds. The lowest BCUT2D eigenvalue weighted by Gasteiger charge is -2.10. The first-order valence-corrected chi connectivity index (χ1v) is 7.95. The van der Waals surface area contributed by atoms with Crippen molar-refractivity contribution in [3.63, 3.8) is 0 Å². The van der Waals surface area contributed by atoms with E-state index in [-0.39, 0.29) is 0 Å². The van der Waals surface area contributed by atoms with Gasteiger partial charge in [-0.1, -0.05) is 12.1 Å². The Labute approximate surface area is 148 Å². The molecule has 3 aromatic heterocycles. The summed E-state index contributed by atoms with van der Waals surface area (Å²) in [6.07, 6.45) is 3.32. The van der Waals surface area contributed by atoms with Gasteiger partial charge in [0.05, 0.1) is 12.5 Å². The van der Waals surface area contributed by atoms with Crippen molar-refractivity contribution >= 4 is 22.5 Å². The molecule has 0 aliphatic heterocycles. The number of nitrogens with one attached hydrogen (secondary N) is 2. The number of hydrogen-bond acceptors (Lipinski definition) is 6. The van der Waals surface area contributed by atoms with Crippen molar-refractivity contribution in [1.82, 2.24) is 19.9 Å². The normalized spacial score (nSPS) is 10.7. The van der Waals surface area contributed by atoms with Crippen LogP contribution in [0.3, 0.4) is 0 Å². The number of H-pyrrole nitrogens is 1. The molecule has 0 aliphatic rings. The van der Waals surface area contributed by atoms with Crippen molar-refractivity contribution in [1.29, 1.82) is 0 Å². The van der Waals surface area contributed by atoms with E-state index in [1.54, 1.807) is 25.6 Å². The topological polar surface area (TPSA) is 92.8 Å². The van der Waals surface area contributed by atoms with Gasteiger partial charge in [-0.3, -0.25) is 4.98 Å². The molecule has 0 bridgehead atoms. The third kappa shape index (κ3) is 3.10. The number of aromatic nitrogens is 4. The van der Waals surface area contributed by atoms with Gasteiger partial charge in [0, 0.05) is 24.1 Å². The van der Waals surface area contributed by atoms with E-state index >= 15 is 0 Å². The van der Waals surface area contributed by atoms with Gasteiger partial charge in [0.2, 0.25) is 5.88 Å². The molecule has 0 spiro atoms. The maximum atomic E-state index is 11.7. The molecule has 26 heavy (non-hydrogen) atoms. The number of benzene rings is 1. The van der Waals surface area contributed by atoms with Crippen LogP contribution in [0.25, 0.3) is 22.2 Å². The Bertz CT molecular complexity index is 1120. The Kier molecular flexibility index (Phi) is 4.03. The molecule has 0 radical (unpaired) electrons. The minimum absolute atomic E-state index is 0.402. The van der Waals surface area contributed by atoms with Crippen LogP contribution in [0.4, 0.5) is 11.5 Å². The second kappa shape index (κ2) is 6.64. The van der Waals surface area contributed by atoms with Crippen LogP contribution in [-0.4, -0.2) is 27.0 Å². The van der Waals surface area contributed by atoms with Crippen LogP contribution in [0.15, 0.2) is 65.7 Å². The second-order valence-electron chi connectivity index (χ2n) is 5.58. The van der Waals surface area contributed by atoms with E-state index in [1.165, 1.54) is 0 Å². The largest absolute Gasteiger partial charge is 0.481 e. The molecular weight excluding hydrogens is 330 g/mol. The summed E-state index contributed by atoms with van der Waals surface area (Å²) in [6.45, 7) is 0. The zero-order chi connectivity index (χ0) is 17.9. The lowest BCUT2D eigenvalue weighted by Crippen LogP contribution is -2.13. The maximum absolute atomic E-state index is 11.7. The number of ether oxygens (including phenoxy) is 1. The molecule has 3 heterocycles. The Morgan fingerprint density at radius 2 is 1.85 bits per heavy atom. The van der Waals surface area contributed by atoms with E-state index < -0.39 is 5.69 Å². The van der Waals surface area contributed by atoms with Gasteiger partial charge in [0.1, 0.15) is 5.82 Å². The summed E-state index contributed by atoms with van der Waals surface area (Å²) in [6, 6.07) is 15.3. The van der Waals surface area contributed by atoms with Crippen LogP contribution in [0, 0.1) is 0 Å². The van der Waals surface area contributed by atoms with Gasteiger partial charge >= 0.3 is 5.69 Å². The minimum Gasteiger partial charge on any atom is -0.481 e. The molecular formula is C19H15N5O2. The molecule has 4 rings (SSSR count). The van der Waals surface area contributed by atoms with Crippen molar-refractivity contribution in [3.8, 4) is 17.0 Å². The standard InChI is InChI=1S/C19H15N5O2/c1-26-16-11-13(8-10-20-16)12-4-6-14(7-5-12)22-18-15-3-2-9-21-17(15)23-19(25)24-18/h2-11H,1H3,(H2,21,22,23,24,25). The fraction of sp³-hybridized carbons (Fsp3) is 0.0526. The van der Waals surface area contributed by atoms with Gasteiger partial charge in [0.25, 0.3) is 0 Å². The van der Waals surface area contributed by atoms with Crippen LogP contribution in [-0.2, 0) is 0 Å². The summed E-state index contributed by atoms with van der Waals surface area (Å²) in [7, 11) is 1.59. The maximum Gasteiger partial charge on any atom is 0.348 e. The molecule has 7 nitrogen and oxygen atoms in total. The van der Waals surface area contributed by atoms with Gasteiger partial charge in [-0.25, -0.2) is 14.8 Å². The number of fused-ring (bicyclic) bond motifs is 1. The summed E-state index contributed by atoms with van der Waals surface area (Å²) < 4.78 is 5.16. The monoisotopic (exact) mass is 345 g/mol. The number of anilines is 2. The number of hydrogen-bond donors (Lipinski definition) is 2. The van der Waals surface area contributed by atoms with Crippen LogP contribution in [0.5, 0.6) is 5.88 Å². The van der Waals surface area contributed by atoms with Crippen molar-refractivity contribution in [2.45, 2.75) is 0 Å². The highest BCUT2D eigenvalue weighted by atomic mass is 16.5. The highest BCUT2D eigenvalue weighted by Crippen LogP contribution is 2.26. The molecule has 7 heteroatoms. The third-order valence-electron chi connectivity index (χ3n) is 3.93. The van der Waals surface area contributed by atoms with Gasteiger partial charge < -0.3 is 10.1 Å². The highest BCUT2D eigenvalue weighted by molar-refractivity contribution is 5.88. The predicted octanol–water partition coefficient (Wildman–Crippen LogP) is 3.13. The molecule has 0 atom stereocenters. The van der Waals surface area contributed by atoms with Crippen molar-refractivity contribution < 1.29 is 4.74 Å². The fourth-order valence-corrected chi connectivity index (χ4v) is 2.67. The average Bonchev–Trinajstić information content (AvgIpc) is 2.68. The molecule has 0 aliphatic carbocycles. The first-order chi connectivity index (χ1) is 12.7. The number of pyridine rings is 2. The van der Waals surface area contributed by atoms with E-state index in [1.807, 2.05) is 42.5 Å². The summed E-state index contributed by atoms with van der Waals surface area (Å²) in [5.41, 5.74) is 2.83. The number of methoxy groups -OCH3 is 1. The van der Waals surface area contributed by atoms with Gasteiger partial charge in [-0.05, 0) is 41.5 Å². The molecule has 0 saturated heterocycles. The summed E-state index contributed by atoms with van der Waals surface area (Å²) in [5.74, 6) is 1.13. The van der Waals surface area contributed by atoms with Crippen molar-refractivity contribution in [2.75, 3.05) is 12.4 Å². The van der Waals surface area contributed by atoms with E-state index in [2.05, 4.69) is 25.3 Å². The highest BCUT2D eigenvalue weighted by Gasteiger charge is 2.06. The molecule has 1 aromatic carbocycles. The van der Waals surface area contributed by atoms with E-state index in [9.17, 15) is 4.79 Å². The SMILES string of the molecule is COc1cc(-c2ccc(Nc3[nH]c(=O)nc4ncccc34)cc2)ccn1. The van der Waals surface area contributed by atoms with Gasteiger partial charge in [0.15, 0.2) is 5.65 Å². The van der Waals surface area contributed by atoms with Crippen LogP contribution < -0.4 is 15.7 Å². The smallest absolute Gasteiger partial charge is 0.348 e. The molecule has 0 saturated carbocycles. The Morgan fingerprint density at radius 1 is 1.00 bits per heavy atom. The summed E-state index contributed by atoms with van der Waals surface area (Å²) in [4.78, 5) is 26.6. The third-order valence-corrected chi connectivity index (χ3v) is 3.93. The van der Waals surface area contributed by atoms with E-state index in [0.29, 0.717) is 17.3 Å². The Hall–Kier alpha value is -3.74. The predicted molar refractivity (Wildman–Crippen MR) is 99.7 cm³/mol. The minimum atomic E-state index is -0.445. The van der Waals surface area contributed by atoms with Crippen LogP contribution in [0.2, 0.25) is 0 Å². The Morgan fingerprint density at radius 3 is 2.65 bits per heavy atom. The Balaban J connectivity index is 1.65. The lowest BCUT2D eigenvalue weighted by atomic mass is 10.1. The van der Waals surface area contributed by atoms with Gasteiger partial charge in [-0.15, -0.1) is 0 Å². The van der Waals surface area contributed by atoms with Gasteiger partial charge in [-0.2, -0.15) is 4.98 Å². The number of nitrogens with zero attached hydrogens (tertiary/aromatic N) is 3. The van der Waals surface area contributed by atoms with Crippen molar-refractivity contribution in [3.05, 3.63) is 71.4 Å². The quantitative estimate of drug-likeness (QED) is 0.590. The molecule has 0 fully saturated rings. The first-order valence-electron chi connectivity index (χ1n) is 7.95. The first kappa shape index (κ1) is 15.8. The molecule has 4 aromatic rings.